The maximum Gasteiger partial charge on any atom is 0.161 e. The van der Waals surface area contributed by atoms with Crippen LogP contribution in [0.1, 0.15) is 37.9 Å². The number of rotatable bonds is 2. The topological polar surface area (TPSA) is 38.7 Å². The third-order valence-corrected chi connectivity index (χ3v) is 4.24. The Balaban J connectivity index is 1.83. The van der Waals surface area contributed by atoms with Crippen molar-refractivity contribution in [2.45, 2.75) is 32.3 Å². The second-order valence-corrected chi connectivity index (χ2v) is 5.42. The van der Waals surface area contributed by atoms with Gasteiger partial charge in [0, 0.05) is 0 Å². The SMILES string of the molecule is CC1CCCC1C(O)c1ccc2c(c1)OCCO2. The van der Waals surface area contributed by atoms with Crippen molar-refractivity contribution in [3.63, 3.8) is 0 Å². The highest BCUT2D eigenvalue weighted by atomic mass is 16.6. The van der Waals surface area contributed by atoms with Gasteiger partial charge in [-0.05, 0) is 36.0 Å². The monoisotopic (exact) mass is 248 g/mol. The Labute approximate surface area is 108 Å². The van der Waals surface area contributed by atoms with E-state index in [0.29, 0.717) is 25.0 Å². The summed E-state index contributed by atoms with van der Waals surface area (Å²) in [4.78, 5) is 0. The van der Waals surface area contributed by atoms with Crippen molar-refractivity contribution in [3.05, 3.63) is 23.8 Å². The first-order chi connectivity index (χ1) is 8.75. The van der Waals surface area contributed by atoms with Gasteiger partial charge in [-0.15, -0.1) is 0 Å². The molecule has 1 aromatic rings. The fraction of sp³-hybridized carbons (Fsp3) is 0.600. The lowest BCUT2D eigenvalue weighted by Gasteiger charge is -2.24. The molecule has 1 N–H and O–H groups in total. The van der Waals surface area contributed by atoms with Gasteiger partial charge in [0.1, 0.15) is 13.2 Å². The summed E-state index contributed by atoms with van der Waals surface area (Å²) in [6.45, 7) is 3.43. The average Bonchev–Trinajstić information content (AvgIpc) is 2.83. The Morgan fingerprint density at radius 3 is 2.67 bits per heavy atom. The van der Waals surface area contributed by atoms with Crippen LogP contribution in [-0.2, 0) is 0 Å². The summed E-state index contributed by atoms with van der Waals surface area (Å²) in [6, 6.07) is 5.81. The van der Waals surface area contributed by atoms with Gasteiger partial charge in [0.05, 0.1) is 6.10 Å². The molecule has 0 bridgehead atoms. The summed E-state index contributed by atoms with van der Waals surface area (Å²) in [7, 11) is 0. The van der Waals surface area contributed by atoms with Gasteiger partial charge in [0.2, 0.25) is 0 Å². The van der Waals surface area contributed by atoms with E-state index in [2.05, 4.69) is 6.92 Å². The number of aliphatic hydroxyl groups excluding tert-OH is 1. The zero-order valence-electron chi connectivity index (χ0n) is 10.8. The summed E-state index contributed by atoms with van der Waals surface area (Å²) in [5.41, 5.74) is 0.956. The van der Waals surface area contributed by atoms with Gasteiger partial charge in [-0.2, -0.15) is 0 Å². The van der Waals surface area contributed by atoms with Crippen LogP contribution in [0.25, 0.3) is 0 Å². The predicted octanol–water partition coefficient (Wildman–Crippen LogP) is 2.93. The fourth-order valence-corrected chi connectivity index (χ4v) is 3.13. The summed E-state index contributed by atoms with van der Waals surface area (Å²) in [5.74, 6) is 2.54. The van der Waals surface area contributed by atoms with E-state index < -0.39 is 0 Å². The summed E-state index contributed by atoms with van der Waals surface area (Å²) in [5, 5.41) is 10.5. The van der Waals surface area contributed by atoms with E-state index in [1.165, 1.54) is 12.8 Å². The highest BCUT2D eigenvalue weighted by Gasteiger charge is 2.31. The van der Waals surface area contributed by atoms with Crippen LogP contribution in [-0.4, -0.2) is 18.3 Å². The van der Waals surface area contributed by atoms with Crippen LogP contribution in [0, 0.1) is 11.8 Å². The molecule has 18 heavy (non-hydrogen) atoms. The average molecular weight is 248 g/mol. The van der Waals surface area contributed by atoms with Crippen LogP contribution in [0.15, 0.2) is 18.2 Å². The number of hydrogen-bond donors (Lipinski definition) is 1. The van der Waals surface area contributed by atoms with Gasteiger partial charge >= 0.3 is 0 Å². The van der Waals surface area contributed by atoms with E-state index in [0.717, 1.165) is 23.5 Å². The van der Waals surface area contributed by atoms with Crippen LogP contribution in [0.3, 0.4) is 0 Å². The van der Waals surface area contributed by atoms with Gasteiger partial charge in [0.25, 0.3) is 0 Å². The molecule has 3 atom stereocenters. The lowest BCUT2D eigenvalue weighted by atomic mass is 9.88. The molecule has 1 saturated carbocycles. The van der Waals surface area contributed by atoms with Crippen molar-refractivity contribution in [2.24, 2.45) is 11.8 Å². The Kier molecular flexibility index (Phi) is 3.16. The van der Waals surface area contributed by atoms with Gasteiger partial charge < -0.3 is 14.6 Å². The molecule has 3 heteroatoms. The van der Waals surface area contributed by atoms with Gasteiger partial charge in [-0.3, -0.25) is 0 Å². The molecule has 2 aliphatic rings. The molecular formula is C15H20O3. The third-order valence-electron chi connectivity index (χ3n) is 4.24. The zero-order chi connectivity index (χ0) is 12.5. The molecule has 3 unspecified atom stereocenters. The summed E-state index contributed by atoms with van der Waals surface area (Å²) in [6.07, 6.45) is 3.20. The first-order valence-corrected chi connectivity index (χ1v) is 6.83. The molecule has 0 amide bonds. The molecular weight excluding hydrogens is 228 g/mol. The van der Waals surface area contributed by atoms with Crippen molar-refractivity contribution >= 4 is 0 Å². The van der Waals surface area contributed by atoms with Crippen LogP contribution < -0.4 is 9.47 Å². The second kappa shape index (κ2) is 4.81. The van der Waals surface area contributed by atoms with Gasteiger partial charge in [-0.25, -0.2) is 0 Å². The van der Waals surface area contributed by atoms with Crippen molar-refractivity contribution in [3.8, 4) is 11.5 Å². The number of hydrogen-bond acceptors (Lipinski definition) is 3. The van der Waals surface area contributed by atoms with E-state index in [1.54, 1.807) is 0 Å². The quantitative estimate of drug-likeness (QED) is 0.874. The normalized spacial score (nSPS) is 28.1. The van der Waals surface area contributed by atoms with Crippen molar-refractivity contribution in [2.75, 3.05) is 13.2 Å². The highest BCUT2D eigenvalue weighted by Crippen LogP contribution is 2.42. The van der Waals surface area contributed by atoms with E-state index in [4.69, 9.17) is 9.47 Å². The molecule has 3 nitrogen and oxygen atoms in total. The first-order valence-electron chi connectivity index (χ1n) is 6.83. The maximum absolute atomic E-state index is 10.5. The van der Waals surface area contributed by atoms with Crippen molar-refractivity contribution < 1.29 is 14.6 Å². The molecule has 1 aromatic carbocycles. The van der Waals surface area contributed by atoms with E-state index >= 15 is 0 Å². The van der Waals surface area contributed by atoms with Crippen LogP contribution in [0.4, 0.5) is 0 Å². The molecule has 3 rings (SSSR count). The fourth-order valence-electron chi connectivity index (χ4n) is 3.13. The first kappa shape index (κ1) is 11.8. The Morgan fingerprint density at radius 2 is 1.94 bits per heavy atom. The number of aliphatic hydroxyl groups is 1. The van der Waals surface area contributed by atoms with Crippen LogP contribution in [0.5, 0.6) is 11.5 Å². The number of ether oxygens (including phenoxy) is 2. The lowest BCUT2D eigenvalue weighted by Crippen LogP contribution is -2.18. The highest BCUT2D eigenvalue weighted by molar-refractivity contribution is 5.44. The predicted molar refractivity (Wildman–Crippen MR) is 68.9 cm³/mol. The molecule has 1 fully saturated rings. The molecule has 0 saturated heterocycles. The minimum atomic E-state index is -0.377. The van der Waals surface area contributed by atoms with Crippen LogP contribution >= 0.6 is 0 Å². The number of fused-ring (bicyclic) bond motifs is 1. The minimum Gasteiger partial charge on any atom is -0.486 e. The molecule has 0 radical (unpaired) electrons. The molecule has 1 heterocycles. The molecule has 1 aliphatic heterocycles. The van der Waals surface area contributed by atoms with E-state index in [1.807, 2.05) is 18.2 Å². The second-order valence-electron chi connectivity index (χ2n) is 5.42. The third kappa shape index (κ3) is 2.07. The smallest absolute Gasteiger partial charge is 0.161 e. The van der Waals surface area contributed by atoms with E-state index in [-0.39, 0.29) is 6.10 Å². The lowest BCUT2D eigenvalue weighted by molar-refractivity contribution is 0.0891. The van der Waals surface area contributed by atoms with Gasteiger partial charge in [-0.1, -0.05) is 25.8 Å². The minimum absolute atomic E-state index is 0.377. The zero-order valence-corrected chi connectivity index (χ0v) is 10.8. The largest absolute Gasteiger partial charge is 0.486 e. The standard InChI is InChI=1S/C15H20O3/c1-10-3-2-4-12(10)15(16)11-5-6-13-14(9-11)18-8-7-17-13/h5-6,9-10,12,15-16H,2-4,7-8H2,1H3. The molecule has 0 aromatic heterocycles. The van der Waals surface area contributed by atoms with Crippen LogP contribution in [0.2, 0.25) is 0 Å². The maximum atomic E-state index is 10.5. The molecule has 0 spiro atoms. The summed E-state index contributed by atoms with van der Waals surface area (Å²) < 4.78 is 11.1. The van der Waals surface area contributed by atoms with Crippen molar-refractivity contribution in [1.29, 1.82) is 0 Å². The Bertz CT molecular complexity index is 430. The van der Waals surface area contributed by atoms with E-state index in [9.17, 15) is 5.11 Å². The Morgan fingerprint density at radius 1 is 1.17 bits per heavy atom. The Hall–Kier alpha value is -1.22. The summed E-state index contributed by atoms with van der Waals surface area (Å²) >= 11 is 0. The van der Waals surface area contributed by atoms with Crippen molar-refractivity contribution in [1.82, 2.24) is 0 Å². The molecule has 98 valence electrons. The molecule has 1 aliphatic carbocycles. The number of benzene rings is 1. The van der Waals surface area contributed by atoms with Gasteiger partial charge in [0.15, 0.2) is 11.5 Å².